The first-order chi connectivity index (χ1) is 13.3. The smallest absolute Gasteiger partial charge is 0.419 e. The summed E-state index contributed by atoms with van der Waals surface area (Å²) in [6, 6.07) is 9.72. The van der Waals surface area contributed by atoms with Crippen LogP contribution in [0.2, 0.25) is 0 Å². The number of benzene rings is 2. The highest BCUT2D eigenvalue weighted by Crippen LogP contribution is 2.32. The van der Waals surface area contributed by atoms with Gasteiger partial charge in [-0.1, -0.05) is 0 Å². The molecule has 0 amide bonds. The Morgan fingerprint density at radius 2 is 2.00 bits per heavy atom. The predicted octanol–water partition coefficient (Wildman–Crippen LogP) is 2.80. The number of oxazole rings is 1. The first-order valence-electron chi connectivity index (χ1n) is 8.36. The van der Waals surface area contributed by atoms with Crippen LogP contribution in [0.3, 0.4) is 0 Å². The van der Waals surface area contributed by atoms with Gasteiger partial charge in [-0.2, -0.15) is 0 Å². The Labute approximate surface area is 160 Å². The molecule has 0 saturated carbocycles. The van der Waals surface area contributed by atoms with Gasteiger partial charge in [-0.25, -0.2) is 13.2 Å². The molecule has 0 saturated heterocycles. The van der Waals surface area contributed by atoms with Crippen molar-refractivity contribution in [2.75, 3.05) is 11.8 Å². The number of aromatic nitrogens is 2. The lowest BCUT2D eigenvalue weighted by Gasteiger charge is -2.13. The maximum atomic E-state index is 13.1. The molecule has 1 N–H and O–H groups in total. The molecule has 0 fully saturated rings. The van der Waals surface area contributed by atoms with E-state index in [2.05, 4.69) is 9.71 Å². The number of nitrogens with one attached hydrogen (secondary N) is 1. The summed E-state index contributed by atoms with van der Waals surface area (Å²) >= 11 is 0. The van der Waals surface area contributed by atoms with Gasteiger partial charge in [0.2, 0.25) is 0 Å². The number of hydrogen-bond donors (Lipinski definition) is 1. The van der Waals surface area contributed by atoms with E-state index < -0.39 is 15.8 Å². The second-order valence-electron chi connectivity index (χ2n) is 6.33. The van der Waals surface area contributed by atoms with Crippen LogP contribution in [0.25, 0.3) is 22.0 Å². The summed E-state index contributed by atoms with van der Waals surface area (Å²) < 4.78 is 40.5. The minimum atomic E-state index is -3.94. The first kappa shape index (κ1) is 18.1. The second kappa shape index (κ2) is 6.38. The van der Waals surface area contributed by atoms with E-state index >= 15 is 0 Å². The first-order valence-corrected chi connectivity index (χ1v) is 9.85. The van der Waals surface area contributed by atoms with E-state index in [0.717, 1.165) is 0 Å². The molecule has 0 radical (unpaired) electrons. The predicted molar refractivity (Wildman–Crippen MR) is 105 cm³/mol. The highest BCUT2D eigenvalue weighted by molar-refractivity contribution is 7.92. The number of aryl methyl sites for hydroxylation is 2. The molecule has 0 aliphatic heterocycles. The molecule has 0 spiro atoms. The van der Waals surface area contributed by atoms with E-state index in [0.29, 0.717) is 33.4 Å². The van der Waals surface area contributed by atoms with E-state index in [4.69, 9.17) is 9.15 Å². The second-order valence-corrected chi connectivity index (χ2v) is 7.98. The van der Waals surface area contributed by atoms with Crippen LogP contribution in [0.5, 0.6) is 5.75 Å². The van der Waals surface area contributed by atoms with Gasteiger partial charge in [0, 0.05) is 24.7 Å². The van der Waals surface area contributed by atoms with Gasteiger partial charge >= 0.3 is 5.76 Å². The lowest BCUT2D eigenvalue weighted by molar-refractivity contribution is 0.419. The molecular formula is C19H17N3O5S. The summed E-state index contributed by atoms with van der Waals surface area (Å²) in [5.74, 6) is -0.00802. The van der Waals surface area contributed by atoms with Crippen LogP contribution in [-0.2, 0) is 17.1 Å². The molecule has 28 heavy (non-hydrogen) atoms. The van der Waals surface area contributed by atoms with Gasteiger partial charge in [-0.05, 0) is 42.8 Å². The van der Waals surface area contributed by atoms with Crippen LogP contribution in [-0.4, -0.2) is 25.1 Å². The number of rotatable bonds is 4. The molecule has 144 valence electrons. The maximum absolute atomic E-state index is 13.1. The fraction of sp³-hybridized carbons (Fsp3) is 0.158. The summed E-state index contributed by atoms with van der Waals surface area (Å²) in [6.07, 6.45) is 1.61. The van der Waals surface area contributed by atoms with Gasteiger partial charge in [0.25, 0.3) is 10.0 Å². The summed E-state index contributed by atoms with van der Waals surface area (Å²) in [4.78, 5) is 16.0. The normalized spacial score (nSPS) is 11.8. The summed E-state index contributed by atoms with van der Waals surface area (Å²) in [5.41, 5.74) is 2.15. The van der Waals surface area contributed by atoms with Crippen molar-refractivity contribution in [3.63, 3.8) is 0 Å². The van der Waals surface area contributed by atoms with Crippen molar-refractivity contribution >= 4 is 37.7 Å². The summed E-state index contributed by atoms with van der Waals surface area (Å²) in [6.45, 7) is 1.67. The number of methoxy groups -OCH3 is 1. The molecule has 0 atom stereocenters. The van der Waals surface area contributed by atoms with Crippen molar-refractivity contribution in [2.24, 2.45) is 7.05 Å². The van der Waals surface area contributed by atoms with Crippen LogP contribution in [0, 0.1) is 6.92 Å². The van der Waals surface area contributed by atoms with Crippen LogP contribution < -0.4 is 15.2 Å². The summed E-state index contributed by atoms with van der Waals surface area (Å²) in [7, 11) is -0.847. The topological polar surface area (TPSA) is 103 Å². The largest absolute Gasteiger partial charge is 0.494 e. The fourth-order valence-electron chi connectivity index (χ4n) is 3.15. The Morgan fingerprint density at radius 3 is 2.75 bits per heavy atom. The molecule has 2 aromatic heterocycles. The Kier molecular flexibility index (Phi) is 4.11. The van der Waals surface area contributed by atoms with Gasteiger partial charge in [0.05, 0.1) is 23.2 Å². The molecule has 4 rings (SSSR count). The molecule has 4 aromatic rings. The number of sulfonamides is 1. The quantitative estimate of drug-likeness (QED) is 0.566. The van der Waals surface area contributed by atoms with Crippen LogP contribution >= 0.6 is 0 Å². The zero-order valence-electron chi connectivity index (χ0n) is 15.4. The molecule has 2 heterocycles. The average molecular weight is 399 g/mol. The van der Waals surface area contributed by atoms with Gasteiger partial charge < -0.3 is 9.15 Å². The monoisotopic (exact) mass is 399 g/mol. The summed E-state index contributed by atoms with van der Waals surface area (Å²) in [5, 5.41) is 0.607. The molecule has 9 heteroatoms. The van der Waals surface area contributed by atoms with Gasteiger partial charge in [0.1, 0.15) is 11.3 Å². The number of anilines is 1. The van der Waals surface area contributed by atoms with Crippen LogP contribution in [0.4, 0.5) is 5.69 Å². The lowest BCUT2D eigenvalue weighted by Crippen LogP contribution is -2.15. The average Bonchev–Trinajstić information content (AvgIpc) is 2.95. The number of fused-ring (bicyclic) bond motifs is 2. The SMILES string of the molecule is COc1ccc(NS(=O)(=O)c2cc3oc(=O)n(C)c3cc2C)c2cccnc12. The minimum Gasteiger partial charge on any atom is -0.494 e. The number of nitrogens with zero attached hydrogens (tertiary/aromatic N) is 2. The molecule has 0 aliphatic carbocycles. The third-order valence-electron chi connectivity index (χ3n) is 4.58. The number of hydrogen-bond acceptors (Lipinski definition) is 6. The fourth-order valence-corrected chi connectivity index (χ4v) is 4.47. The van der Waals surface area contributed by atoms with Crippen molar-refractivity contribution in [1.29, 1.82) is 0 Å². The Balaban J connectivity index is 1.85. The van der Waals surface area contributed by atoms with Crippen molar-refractivity contribution < 1.29 is 17.6 Å². The Morgan fingerprint density at radius 1 is 1.21 bits per heavy atom. The molecular weight excluding hydrogens is 382 g/mol. The van der Waals surface area contributed by atoms with E-state index in [1.54, 1.807) is 50.5 Å². The number of pyridine rings is 1. The van der Waals surface area contributed by atoms with Gasteiger partial charge in [-0.3, -0.25) is 14.3 Å². The Hall–Kier alpha value is -3.33. The molecule has 0 unspecified atom stereocenters. The molecule has 0 aliphatic rings. The third-order valence-corrected chi connectivity index (χ3v) is 6.08. The van der Waals surface area contributed by atoms with E-state index in [-0.39, 0.29) is 10.5 Å². The zero-order valence-corrected chi connectivity index (χ0v) is 16.2. The van der Waals surface area contributed by atoms with E-state index in [1.165, 1.54) is 17.7 Å². The van der Waals surface area contributed by atoms with Crippen LogP contribution in [0.15, 0.2) is 56.7 Å². The molecule has 2 aromatic carbocycles. The van der Waals surface area contributed by atoms with Crippen molar-refractivity contribution in [1.82, 2.24) is 9.55 Å². The third kappa shape index (κ3) is 2.80. The number of ether oxygens (including phenoxy) is 1. The van der Waals surface area contributed by atoms with Crippen molar-refractivity contribution in [2.45, 2.75) is 11.8 Å². The highest BCUT2D eigenvalue weighted by atomic mass is 32.2. The van der Waals surface area contributed by atoms with Crippen molar-refractivity contribution in [3.05, 3.63) is 58.7 Å². The standard InChI is InChI=1S/C19H17N3O5S/c1-11-9-14-16(27-19(23)22(14)2)10-17(11)28(24,25)21-13-6-7-15(26-3)18-12(13)5-4-8-20-18/h4-10,21H,1-3H3. The van der Waals surface area contributed by atoms with E-state index in [9.17, 15) is 13.2 Å². The minimum absolute atomic E-state index is 0.0298. The van der Waals surface area contributed by atoms with Crippen LogP contribution in [0.1, 0.15) is 5.56 Å². The Bertz CT molecular complexity index is 1390. The maximum Gasteiger partial charge on any atom is 0.419 e. The van der Waals surface area contributed by atoms with Gasteiger partial charge in [-0.15, -0.1) is 0 Å². The molecule has 0 bridgehead atoms. The zero-order chi connectivity index (χ0) is 20.1. The lowest BCUT2D eigenvalue weighted by atomic mass is 10.2. The molecule has 8 nitrogen and oxygen atoms in total. The van der Waals surface area contributed by atoms with Crippen molar-refractivity contribution in [3.8, 4) is 5.75 Å². The van der Waals surface area contributed by atoms with E-state index in [1.807, 2.05) is 0 Å². The van der Waals surface area contributed by atoms with Gasteiger partial charge in [0.15, 0.2) is 5.58 Å². The highest BCUT2D eigenvalue weighted by Gasteiger charge is 2.21.